The van der Waals surface area contributed by atoms with E-state index < -0.39 is 15.9 Å². The fourth-order valence-corrected chi connectivity index (χ4v) is 2.29. The van der Waals surface area contributed by atoms with Gasteiger partial charge in [-0.15, -0.1) is 0 Å². The van der Waals surface area contributed by atoms with Crippen LogP contribution in [0.4, 0.5) is 0 Å². The maximum atomic E-state index is 11.1. The molecule has 1 aliphatic rings. The summed E-state index contributed by atoms with van der Waals surface area (Å²) in [5, 5.41) is 0. The number of fused-ring (bicyclic) bond motifs is 1. The Bertz CT molecular complexity index is 578. The van der Waals surface area contributed by atoms with Crippen LogP contribution in [-0.4, -0.2) is 39.2 Å². The normalized spacial score (nSPS) is 14.9. The highest BCUT2D eigenvalue weighted by atomic mass is 32.2. The molecule has 0 bridgehead atoms. The largest absolute Gasteiger partial charge is 0.349 e. The first-order chi connectivity index (χ1) is 8.25. The Balaban J connectivity index is 0.000000232. The number of rotatable bonds is 0. The van der Waals surface area contributed by atoms with Crippen LogP contribution in [0, 0.1) is 0 Å². The molecular weight excluding hydrogens is 256 g/mol. The maximum Gasteiger partial charge on any atom is 0.266 e. The number of hydrogen-bond donors (Lipinski definition) is 1. The van der Waals surface area contributed by atoms with Gasteiger partial charge in [0.2, 0.25) is 5.91 Å². The minimum absolute atomic E-state index is 0.0648. The zero-order valence-electron chi connectivity index (χ0n) is 10.3. The van der Waals surface area contributed by atoms with Crippen molar-refractivity contribution in [1.82, 2.24) is 9.62 Å². The van der Waals surface area contributed by atoms with Crippen molar-refractivity contribution < 1.29 is 18.0 Å². The Morgan fingerprint density at radius 3 is 2.17 bits per heavy atom. The van der Waals surface area contributed by atoms with E-state index in [0.29, 0.717) is 0 Å². The first-order valence-electron chi connectivity index (χ1n) is 5.10. The van der Waals surface area contributed by atoms with Crippen LogP contribution in [0.2, 0.25) is 0 Å². The van der Waals surface area contributed by atoms with Crippen LogP contribution in [0.15, 0.2) is 29.2 Å². The molecule has 0 saturated carbocycles. The fraction of sp³-hybridized carbons (Fsp3) is 0.273. The van der Waals surface area contributed by atoms with E-state index in [-0.39, 0.29) is 16.4 Å². The van der Waals surface area contributed by atoms with E-state index in [1.165, 1.54) is 24.0 Å². The first-order valence-corrected chi connectivity index (χ1v) is 6.58. The van der Waals surface area contributed by atoms with Crippen molar-refractivity contribution in [2.45, 2.75) is 11.8 Å². The molecule has 1 aliphatic heterocycles. The predicted octanol–water partition coefficient (Wildman–Crippen LogP) is 0.213. The van der Waals surface area contributed by atoms with Crippen LogP contribution in [0.5, 0.6) is 0 Å². The van der Waals surface area contributed by atoms with E-state index in [2.05, 4.69) is 0 Å². The summed E-state index contributed by atoms with van der Waals surface area (Å²) in [6, 6.07) is 6.09. The quantitative estimate of drug-likeness (QED) is 0.730. The molecule has 0 radical (unpaired) electrons. The van der Waals surface area contributed by atoms with E-state index in [1.807, 2.05) is 4.72 Å². The number of benzene rings is 1. The van der Waals surface area contributed by atoms with Gasteiger partial charge >= 0.3 is 0 Å². The fourth-order valence-electron chi connectivity index (χ4n) is 1.12. The second-order valence-corrected chi connectivity index (χ2v) is 5.50. The Morgan fingerprint density at radius 1 is 1.22 bits per heavy atom. The summed E-state index contributed by atoms with van der Waals surface area (Å²) in [5.41, 5.74) is 0.220. The SMILES string of the molecule is CC(=O)N(C)C.O=C1NS(=O)(=O)c2ccccc21. The minimum Gasteiger partial charge on any atom is -0.349 e. The minimum atomic E-state index is -3.55. The summed E-state index contributed by atoms with van der Waals surface area (Å²) < 4.78 is 24.2. The van der Waals surface area contributed by atoms with E-state index in [9.17, 15) is 18.0 Å². The lowest BCUT2D eigenvalue weighted by molar-refractivity contribution is -0.126. The Hall–Kier alpha value is -1.89. The van der Waals surface area contributed by atoms with Gasteiger partial charge in [-0.2, -0.15) is 0 Å². The highest BCUT2D eigenvalue weighted by Gasteiger charge is 2.31. The summed E-state index contributed by atoms with van der Waals surface area (Å²) in [6.07, 6.45) is 0. The Kier molecular flexibility index (Phi) is 4.07. The van der Waals surface area contributed by atoms with Gasteiger partial charge in [-0.1, -0.05) is 12.1 Å². The number of carbonyl (C=O) groups excluding carboxylic acids is 2. The molecule has 0 fully saturated rings. The third-order valence-corrected chi connectivity index (χ3v) is 3.67. The van der Waals surface area contributed by atoms with Gasteiger partial charge in [0.25, 0.3) is 15.9 Å². The molecule has 1 aromatic carbocycles. The third kappa shape index (κ3) is 3.07. The molecule has 6 nitrogen and oxygen atoms in total. The molecule has 0 aromatic heterocycles. The van der Waals surface area contributed by atoms with Crippen molar-refractivity contribution in [2.24, 2.45) is 0 Å². The molecule has 2 amide bonds. The summed E-state index contributed by atoms with van der Waals surface area (Å²) in [6.45, 7) is 1.53. The zero-order valence-corrected chi connectivity index (χ0v) is 11.1. The monoisotopic (exact) mass is 270 g/mol. The molecule has 0 atom stereocenters. The van der Waals surface area contributed by atoms with Crippen LogP contribution < -0.4 is 4.72 Å². The lowest BCUT2D eigenvalue weighted by atomic mass is 10.2. The van der Waals surface area contributed by atoms with Crippen LogP contribution in [0.25, 0.3) is 0 Å². The third-order valence-electron chi connectivity index (χ3n) is 2.28. The number of carbonyl (C=O) groups is 2. The molecule has 1 N–H and O–H groups in total. The molecule has 2 rings (SSSR count). The molecular formula is C11H14N2O4S. The summed E-state index contributed by atoms with van der Waals surface area (Å²) in [4.78, 5) is 22.7. The molecule has 0 saturated heterocycles. The van der Waals surface area contributed by atoms with E-state index >= 15 is 0 Å². The Morgan fingerprint density at radius 2 is 1.72 bits per heavy atom. The van der Waals surface area contributed by atoms with Crippen molar-refractivity contribution in [1.29, 1.82) is 0 Å². The zero-order chi connectivity index (χ0) is 13.9. The smallest absolute Gasteiger partial charge is 0.266 e. The molecule has 7 heteroatoms. The number of sulfonamides is 1. The van der Waals surface area contributed by atoms with Gasteiger partial charge in [-0.3, -0.25) is 9.59 Å². The number of nitrogens with one attached hydrogen (secondary N) is 1. The van der Waals surface area contributed by atoms with E-state index in [4.69, 9.17) is 0 Å². The van der Waals surface area contributed by atoms with Crippen LogP contribution in [-0.2, 0) is 14.8 Å². The number of hydrogen-bond acceptors (Lipinski definition) is 4. The lowest BCUT2D eigenvalue weighted by Crippen LogP contribution is -2.20. The topological polar surface area (TPSA) is 83.6 Å². The van der Waals surface area contributed by atoms with E-state index in [0.717, 1.165) is 0 Å². The van der Waals surface area contributed by atoms with Crippen LogP contribution in [0.3, 0.4) is 0 Å². The van der Waals surface area contributed by atoms with Crippen molar-refractivity contribution >= 4 is 21.8 Å². The second-order valence-electron chi connectivity index (χ2n) is 3.84. The van der Waals surface area contributed by atoms with Gasteiger partial charge in [0.05, 0.1) is 5.56 Å². The van der Waals surface area contributed by atoms with Gasteiger partial charge in [0.15, 0.2) is 0 Å². The van der Waals surface area contributed by atoms with Gasteiger partial charge in [0, 0.05) is 21.0 Å². The van der Waals surface area contributed by atoms with Crippen LogP contribution in [0.1, 0.15) is 17.3 Å². The first kappa shape index (κ1) is 14.2. The van der Waals surface area contributed by atoms with Crippen molar-refractivity contribution in [3.8, 4) is 0 Å². The Labute approximate surface area is 106 Å². The summed E-state index contributed by atoms with van der Waals surface area (Å²) >= 11 is 0. The van der Waals surface area contributed by atoms with Crippen molar-refractivity contribution in [2.75, 3.05) is 14.1 Å². The predicted molar refractivity (Wildman–Crippen MR) is 65.5 cm³/mol. The van der Waals surface area contributed by atoms with Gasteiger partial charge in [-0.05, 0) is 12.1 Å². The lowest BCUT2D eigenvalue weighted by Gasteiger charge is -2.02. The molecule has 1 aromatic rings. The maximum absolute atomic E-state index is 11.1. The molecule has 18 heavy (non-hydrogen) atoms. The summed E-state index contributed by atoms with van der Waals surface area (Å²) in [7, 11) is -0.105. The second kappa shape index (κ2) is 5.18. The molecule has 0 spiro atoms. The number of nitrogens with zero attached hydrogens (tertiary/aromatic N) is 1. The standard InChI is InChI=1S/C7H5NO3S.C4H9NO/c9-7-5-3-1-2-4-6(5)12(10,11)8-7;1-4(6)5(2)3/h1-4H,(H,8,9);1-3H3. The molecule has 98 valence electrons. The van der Waals surface area contributed by atoms with Crippen molar-refractivity contribution in [3.63, 3.8) is 0 Å². The summed E-state index contributed by atoms with van der Waals surface area (Å²) in [5.74, 6) is -0.458. The highest BCUT2D eigenvalue weighted by molar-refractivity contribution is 7.90. The highest BCUT2D eigenvalue weighted by Crippen LogP contribution is 2.20. The van der Waals surface area contributed by atoms with Crippen molar-refractivity contribution in [3.05, 3.63) is 29.8 Å². The molecule has 0 aliphatic carbocycles. The molecule has 1 heterocycles. The van der Waals surface area contributed by atoms with Gasteiger partial charge in [-0.25, -0.2) is 13.1 Å². The average Bonchev–Trinajstić information content (AvgIpc) is 2.51. The van der Waals surface area contributed by atoms with Gasteiger partial charge in [0.1, 0.15) is 4.90 Å². The van der Waals surface area contributed by atoms with Gasteiger partial charge < -0.3 is 4.90 Å². The average molecular weight is 270 g/mol. The number of amides is 2. The van der Waals surface area contributed by atoms with Crippen LogP contribution >= 0.6 is 0 Å². The van der Waals surface area contributed by atoms with E-state index in [1.54, 1.807) is 26.2 Å². The molecule has 0 unspecified atom stereocenters.